The van der Waals surface area contributed by atoms with Crippen molar-refractivity contribution in [2.24, 2.45) is 0 Å². The lowest BCUT2D eigenvalue weighted by Gasteiger charge is -2.31. The molecule has 0 aliphatic heterocycles. The van der Waals surface area contributed by atoms with Gasteiger partial charge in [0, 0.05) is 49.3 Å². The van der Waals surface area contributed by atoms with Crippen LogP contribution in [0.5, 0.6) is 0 Å². The molecule has 0 unspecified atom stereocenters. The van der Waals surface area contributed by atoms with Crippen molar-refractivity contribution in [3.63, 3.8) is 0 Å². The zero-order valence-electron chi connectivity index (χ0n) is 35.7. The highest BCUT2D eigenvalue weighted by atomic mass is 16.3. The molecule has 0 bridgehead atoms. The van der Waals surface area contributed by atoms with Gasteiger partial charge in [0.15, 0.2) is 5.58 Å². The van der Waals surface area contributed by atoms with E-state index in [2.05, 4.69) is 215 Å². The lowest BCUT2D eigenvalue weighted by atomic mass is 9.82. The van der Waals surface area contributed by atoms with Gasteiger partial charge in [-0.2, -0.15) is 0 Å². The summed E-state index contributed by atoms with van der Waals surface area (Å²) in [6.45, 7) is 9.45. The van der Waals surface area contributed by atoms with Crippen LogP contribution >= 0.6 is 0 Å². The topological polar surface area (TPSA) is 29.5 Å². The van der Waals surface area contributed by atoms with Crippen LogP contribution in [-0.2, 0) is 10.8 Å². The molecule has 3 nitrogen and oxygen atoms in total. The van der Waals surface area contributed by atoms with Crippen molar-refractivity contribution in [2.75, 3.05) is 4.90 Å². The minimum atomic E-state index is -0.190. The van der Waals surface area contributed by atoms with Gasteiger partial charge in [-0.1, -0.05) is 167 Å². The van der Waals surface area contributed by atoms with Crippen molar-refractivity contribution in [1.82, 2.24) is 0 Å². The smallest absolute Gasteiger partial charge is 0.160 e. The Bertz CT molecular complexity index is 3570. The van der Waals surface area contributed by atoms with E-state index in [-0.39, 0.29) is 10.8 Å². The maximum Gasteiger partial charge on any atom is 0.160 e. The quantitative estimate of drug-likeness (QED) is 0.173. The molecule has 9 aromatic carbocycles. The lowest BCUT2D eigenvalue weighted by Crippen LogP contribution is -2.18. The predicted octanol–water partition coefficient (Wildman–Crippen LogP) is 16.9. The van der Waals surface area contributed by atoms with Crippen LogP contribution in [0.2, 0.25) is 0 Å². The second-order valence-electron chi connectivity index (χ2n) is 18.4. The maximum absolute atomic E-state index is 7.27. The van der Waals surface area contributed by atoms with E-state index >= 15 is 0 Å². The minimum Gasteiger partial charge on any atom is -0.456 e. The first-order chi connectivity index (χ1) is 30.8. The van der Waals surface area contributed by atoms with Crippen molar-refractivity contribution in [1.29, 1.82) is 0 Å². The molecule has 11 aromatic rings. The summed E-state index contributed by atoms with van der Waals surface area (Å²) in [5.41, 5.74) is 21.3. The molecule has 0 fully saturated rings. The first-order valence-electron chi connectivity index (χ1n) is 22.0. The summed E-state index contributed by atoms with van der Waals surface area (Å²) < 4.78 is 13.7. The average Bonchev–Trinajstić information content (AvgIpc) is 4.02. The highest BCUT2D eigenvalue weighted by molar-refractivity contribution is 6.27. The van der Waals surface area contributed by atoms with Gasteiger partial charge in [-0.3, -0.25) is 0 Å². The van der Waals surface area contributed by atoms with E-state index in [0.29, 0.717) is 0 Å². The lowest BCUT2D eigenvalue weighted by molar-refractivity contribution is 0.659. The zero-order chi connectivity index (χ0) is 42.2. The zero-order valence-corrected chi connectivity index (χ0v) is 35.7. The molecule has 2 aliphatic rings. The van der Waals surface area contributed by atoms with Crippen LogP contribution in [-0.4, -0.2) is 0 Å². The molecule has 63 heavy (non-hydrogen) atoms. The van der Waals surface area contributed by atoms with Crippen molar-refractivity contribution < 1.29 is 8.83 Å². The Kier molecular flexibility index (Phi) is 7.42. The van der Waals surface area contributed by atoms with Gasteiger partial charge in [0.2, 0.25) is 0 Å². The van der Waals surface area contributed by atoms with Gasteiger partial charge >= 0.3 is 0 Å². The molecule has 0 saturated heterocycles. The Morgan fingerprint density at radius 3 is 1.49 bits per heavy atom. The molecule has 0 radical (unpaired) electrons. The normalized spacial score (nSPS) is 14.3. The van der Waals surface area contributed by atoms with E-state index in [1.807, 2.05) is 6.07 Å². The molecule has 2 aliphatic carbocycles. The van der Waals surface area contributed by atoms with Crippen LogP contribution in [0.3, 0.4) is 0 Å². The van der Waals surface area contributed by atoms with E-state index in [1.54, 1.807) is 0 Å². The van der Waals surface area contributed by atoms with Gasteiger partial charge < -0.3 is 13.7 Å². The molecule has 0 saturated carbocycles. The number of rotatable bonds is 5. The van der Waals surface area contributed by atoms with Crippen LogP contribution in [0.25, 0.3) is 88.4 Å². The fraction of sp³-hybridized carbons (Fsp3) is 0.100. The summed E-state index contributed by atoms with van der Waals surface area (Å²) in [6.07, 6.45) is 0. The van der Waals surface area contributed by atoms with Gasteiger partial charge in [0.25, 0.3) is 0 Å². The Hall–Kier alpha value is -7.62. The van der Waals surface area contributed by atoms with Crippen LogP contribution < -0.4 is 4.90 Å². The second kappa shape index (κ2) is 13.0. The fourth-order valence-corrected chi connectivity index (χ4v) is 11.1. The molecular formula is C60H43NO2. The third-order valence-corrected chi connectivity index (χ3v) is 14.3. The van der Waals surface area contributed by atoms with E-state index in [9.17, 15) is 0 Å². The molecule has 0 N–H and O–H groups in total. The number of hydrogen-bond acceptors (Lipinski definition) is 3. The molecular weight excluding hydrogens is 767 g/mol. The summed E-state index contributed by atoms with van der Waals surface area (Å²) in [7, 11) is 0. The number of benzene rings is 9. The standard InChI is InChI=1S/C60H43NO2/c1-59(2)48-19-11-8-16-42(48)44-28-26-39(34-50(44)59)61(40-27-29-45-43-17-9-12-20-49(43)60(3,4)51(45)35-40)57-41(38-24-22-37(23-25-38)36-14-6-5-7-15-36)30-31-47-56-54(63-58(47)57)33-32-53-55(56)46-18-10-13-21-52(46)62-53/h5-35H,1-4H3. The summed E-state index contributed by atoms with van der Waals surface area (Å²) in [4.78, 5) is 2.48. The molecule has 0 atom stereocenters. The third-order valence-electron chi connectivity index (χ3n) is 14.3. The van der Waals surface area contributed by atoms with E-state index in [0.717, 1.165) is 72.1 Å². The second-order valence-corrected chi connectivity index (χ2v) is 18.4. The van der Waals surface area contributed by atoms with Gasteiger partial charge in [0.05, 0.1) is 5.69 Å². The van der Waals surface area contributed by atoms with Crippen molar-refractivity contribution in [3.8, 4) is 44.5 Å². The first kappa shape index (κ1) is 36.1. The summed E-state index contributed by atoms with van der Waals surface area (Å²) >= 11 is 0. The Labute approximate surface area is 366 Å². The van der Waals surface area contributed by atoms with Gasteiger partial charge in [0.1, 0.15) is 16.7 Å². The molecule has 300 valence electrons. The number of anilines is 3. The van der Waals surface area contributed by atoms with E-state index < -0.39 is 0 Å². The van der Waals surface area contributed by atoms with Crippen molar-refractivity contribution in [3.05, 3.63) is 210 Å². The van der Waals surface area contributed by atoms with Gasteiger partial charge in [-0.05, 0) is 110 Å². The first-order valence-corrected chi connectivity index (χ1v) is 22.0. The van der Waals surface area contributed by atoms with Gasteiger partial charge in [-0.15, -0.1) is 0 Å². The van der Waals surface area contributed by atoms with Crippen LogP contribution in [0.15, 0.2) is 197 Å². The van der Waals surface area contributed by atoms with Crippen LogP contribution in [0, 0.1) is 0 Å². The number of furan rings is 2. The fourth-order valence-electron chi connectivity index (χ4n) is 11.1. The third kappa shape index (κ3) is 5.08. The van der Waals surface area contributed by atoms with E-state index in [4.69, 9.17) is 8.83 Å². The van der Waals surface area contributed by atoms with Gasteiger partial charge in [-0.25, -0.2) is 0 Å². The molecule has 2 aromatic heterocycles. The predicted molar refractivity (Wildman–Crippen MR) is 262 cm³/mol. The summed E-state index contributed by atoms with van der Waals surface area (Å²) in [6, 6.07) is 68.6. The number of para-hydroxylation sites is 1. The van der Waals surface area contributed by atoms with Crippen molar-refractivity contribution in [2.45, 2.75) is 38.5 Å². The van der Waals surface area contributed by atoms with Crippen LogP contribution in [0.1, 0.15) is 49.9 Å². The number of nitrogens with zero attached hydrogens (tertiary/aromatic N) is 1. The largest absolute Gasteiger partial charge is 0.456 e. The summed E-state index contributed by atoms with van der Waals surface area (Å²) in [5, 5.41) is 4.28. The molecule has 0 amide bonds. The Morgan fingerprint density at radius 2 is 0.841 bits per heavy atom. The Morgan fingerprint density at radius 1 is 0.349 bits per heavy atom. The molecule has 13 rings (SSSR count). The number of hydrogen-bond donors (Lipinski definition) is 0. The average molecular weight is 810 g/mol. The molecule has 0 spiro atoms. The minimum absolute atomic E-state index is 0.190. The van der Waals surface area contributed by atoms with Crippen molar-refractivity contribution >= 4 is 60.9 Å². The SMILES string of the molecule is CC1(C)c2ccccc2-c2ccc(N(c3ccc4c(c3)C(C)(C)c3ccccc3-4)c3c(-c4ccc(-c5ccccc5)cc4)ccc4c3oc3ccc5oc6ccccc6c5c34)cc21. The highest BCUT2D eigenvalue weighted by Crippen LogP contribution is 2.55. The number of fused-ring (bicyclic) bond motifs is 13. The maximum atomic E-state index is 7.27. The van der Waals surface area contributed by atoms with Crippen LogP contribution in [0.4, 0.5) is 17.1 Å². The monoisotopic (exact) mass is 809 g/mol. The molecule has 3 heteroatoms. The summed E-state index contributed by atoms with van der Waals surface area (Å²) in [5.74, 6) is 0. The molecule has 2 heterocycles. The Balaban J connectivity index is 1.13. The highest BCUT2D eigenvalue weighted by Gasteiger charge is 2.38. The van der Waals surface area contributed by atoms with E-state index in [1.165, 1.54) is 55.6 Å².